The third-order valence-corrected chi connectivity index (χ3v) is 7.00. The molecule has 4 atom stereocenters. The molecule has 4 aliphatic heterocycles. The van der Waals surface area contributed by atoms with E-state index in [-0.39, 0.29) is 18.6 Å². The van der Waals surface area contributed by atoms with Gasteiger partial charge in [-0.2, -0.15) is 0 Å². The second-order valence-corrected chi connectivity index (χ2v) is 8.77. The number of hydrogen-bond acceptors (Lipinski definition) is 8. The van der Waals surface area contributed by atoms with Crippen molar-refractivity contribution < 1.29 is 38.0 Å². The Morgan fingerprint density at radius 2 is 1.80 bits per heavy atom. The largest absolute Gasteiger partial charge is 0.493 e. The maximum Gasteiger partial charge on any atom is 0.234 e. The number of methoxy groups -OCH3 is 3. The lowest BCUT2D eigenvalue weighted by Gasteiger charge is -2.24. The first-order valence-electron chi connectivity index (χ1n) is 11.2. The topological polar surface area (TPSA) is 105 Å². The van der Waals surface area contributed by atoms with Gasteiger partial charge in [0.1, 0.15) is 5.60 Å². The molecule has 35 heavy (non-hydrogen) atoms. The Kier molecular flexibility index (Phi) is 4.82. The summed E-state index contributed by atoms with van der Waals surface area (Å²) in [5.41, 5.74) is 0.283. The average Bonchev–Trinajstić information content (AvgIpc) is 3.63. The zero-order chi connectivity index (χ0) is 24.3. The summed E-state index contributed by atoms with van der Waals surface area (Å²) in [5, 5.41) is 2.91. The smallest absolute Gasteiger partial charge is 0.234 e. The lowest BCUT2D eigenvalue weighted by atomic mass is 9.77. The first-order valence-corrected chi connectivity index (χ1v) is 11.2. The fraction of sp³-hybridized carbons (Fsp3) is 0.360. The fourth-order valence-corrected chi connectivity index (χ4v) is 5.45. The first-order chi connectivity index (χ1) is 17.0. The van der Waals surface area contributed by atoms with Gasteiger partial charge in [0, 0.05) is 29.6 Å². The third kappa shape index (κ3) is 3.13. The van der Waals surface area contributed by atoms with Gasteiger partial charge in [0.15, 0.2) is 23.0 Å². The normalized spacial score (nSPS) is 27.2. The standard InChI is InChI=1S/C25H24N2O8/c1-30-18-8-13(9-19(31-2)22(18)32-3)26-23(28)20-16-6-7-25(35-16)11-27(24(29)21(20)25)14-4-5-15-17(10-14)34-12-33-15/h4-10,16,20-21H,11-12H2,1-3H3,(H,26,28)/t16-,20-,21-,25+/m0/s1. The van der Waals surface area contributed by atoms with E-state index >= 15 is 0 Å². The minimum Gasteiger partial charge on any atom is -0.493 e. The van der Waals surface area contributed by atoms with Crippen LogP contribution in [-0.2, 0) is 14.3 Å². The average molecular weight is 480 g/mol. The number of fused-ring (bicyclic) bond motifs is 2. The molecule has 6 rings (SSSR count). The van der Waals surface area contributed by atoms with Crippen LogP contribution in [0.5, 0.6) is 28.7 Å². The highest BCUT2D eigenvalue weighted by atomic mass is 16.7. The highest BCUT2D eigenvalue weighted by Gasteiger charge is 2.67. The molecule has 0 radical (unpaired) electrons. The number of hydrogen-bond donors (Lipinski definition) is 1. The predicted molar refractivity (Wildman–Crippen MR) is 123 cm³/mol. The lowest BCUT2D eigenvalue weighted by molar-refractivity contribution is -0.128. The van der Waals surface area contributed by atoms with E-state index in [1.807, 2.05) is 18.2 Å². The SMILES string of the molecule is COc1cc(NC(=O)[C@H]2[C@@H]3C=C[C@]4(CN(c5ccc6c(c5)OCO6)C(=O)[C@H]24)O3)cc(OC)c1OC. The van der Waals surface area contributed by atoms with Crippen LogP contribution in [0.15, 0.2) is 42.5 Å². The number of benzene rings is 2. The summed E-state index contributed by atoms with van der Waals surface area (Å²) in [7, 11) is 4.51. The number of nitrogens with zero attached hydrogens (tertiary/aromatic N) is 1. The molecular weight excluding hydrogens is 456 g/mol. The van der Waals surface area contributed by atoms with E-state index in [1.54, 1.807) is 29.2 Å². The second kappa shape index (κ2) is 7.81. The molecule has 0 aromatic heterocycles. The van der Waals surface area contributed by atoms with Crippen LogP contribution >= 0.6 is 0 Å². The van der Waals surface area contributed by atoms with Crippen LogP contribution in [0.2, 0.25) is 0 Å². The Hall–Kier alpha value is -3.92. The molecule has 1 N–H and O–H groups in total. The van der Waals surface area contributed by atoms with Gasteiger partial charge in [0.2, 0.25) is 24.4 Å². The highest BCUT2D eigenvalue weighted by molar-refractivity contribution is 6.05. The van der Waals surface area contributed by atoms with Crippen molar-refractivity contribution in [3.63, 3.8) is 0 Å². The summed E-state index contributed by atoms with van der Waals surface area (Å²) in [6.45, 7) is 0.465. The van der Waals surface area contributed by atoms with Crippen molar-refractivity contribution in [3.8, 4) is 28.7 Å². The molecule has 2 aromatic rings. The Morgan fingerprint density at radius 1 is 1.06 bits per heavy atom. The minimum atomic E-state index is -0.852. The van der Waals surface area contributed by atoms with E-state index in [1.165, 1.54) is 21.3 Å². The zero-order valence-electron chi connectivity index (χ0n) is 19.4. The van der Waals surface area contributed by atoms with Crippen molar-refractivity contribution in [2.75, 3.05) is 44.9 Å². The summed E-state index contributed by atoms with van der Waals surface area (Å²) < 4.78 is 33.2. The molecule has 1 spiro atoms. The second-order valence-electron chi connectivity index (χ2n) is 8.77. The predicted octanol–water partition coefficient (Wildman–Crippen LogP) is 2.37. The van der Waals surface area contributed by atoms with Crippen LogP contribution in [0, 0.1) is 11.8 Å². The number of rotatable bonds is 6. The van der Waals surface area contributed by atoms with Crippen molar-refractivity contribution in [3.05, 3.63) is 42.5 Å². The van der Waals surface area contributed by atoms with Gasteiger partial charge < -0.3 is 38.6 Å². The van der Waals surface area contributed by atoms with Gasteiger partial charge in [-0.25, -0.2) is 0 Å². The number of carbonyl (C=O) groups excluding carboxylic acids is 2. The van der Waals surface area contributed by atoms with Gasteiger partial charge in [0.25, 0.3) is 0 Å². The number of nitrogens with one attached hydrogen (secondary N) is 1. The summed E-state index contributed by atoms with van der Waals surface area (Å²) in [5.74, 6) is 0.643. The molecule has 2 amide bonds. The Morgan fingerprint density at radius 3 is 2.51 bits per heavy atom. The van der Waals surface area contributed by atoms with Gasteiger partial charge in [-0.05, 0) is 12.1 Å². The summed E-state index contributed by atoms with van der Waals surface area (Å²) >= 11 is 0. The summed E-state index contributed by atoms with van der Waals surface area (Å²) in [4.78, 5) is 28.8. The number of carbonyl (C=O) groups is 2. The molecule has 0 aliphatic carbocycles. The maximum absolute atomic E-state index is 13.6. The molecule has 10 nitrogen and oxygen atoms in total. The molecule has 0 saturated carbocycles. The molecule has 4 heterocycles. The van der Waals surface area contributed by atoms with Crippen molar-refractivity contribution >= 4 is 23.2 Å². The van der Waals surface area contributed by atoms with Crippen molar-refractivity contribution in [1.82, 2.24) is 0 Å². The number of anilines is 2. The summed E-state index contributed by atoms with van der Waals surface area (Å²) in [6.07, 6.45) is 3.30. The zero-order valence-corrected chi connectivity index (χ0v) is 19.4. The summed E-state index contributed by atoms with van der Waals surface area (Å²) in [6, 6.07) is 8.66. The van der Waals surface area contributed by atoms with Crippen LogP contribution in [0.3, 0.4) is 0 Å². The van der Waals surface area contributed by atoms with Crippen LogP contribution in [-0.4, -0.2) is 58.2 Å². The van der Waals surface area contributed by atoms with Gasteiger partial charge in [-0.15, -0.1) is 0 Å². The molecule has 182 valence electrons. The lowest BCUT2D eigenvalue weighted by Crippen LogP contribution is -2.41. The fourth-order valence-electron chi connectivity index (χ4n) is 5.45. The van der Waals surface area contributed by atoms with E-state index in [2.05, 4.69) is 5.32 Å². The van der Waals surface area contributed by atoms with E-state index in [0.29, 0.717) is 46.7 Å². The van der Waals surface area contributed by atoms with E-state index in [0.717, 1.165) is 0 Å². The highest BCUT2D eigenvalue weighted by Crippen LogP contribution is 2.53. The minimum absolute atomic E-state index is 0.149. The van der Waals surface area contributed by atoms with Crippen LogP contribution < -0.4 is 33.9 Å². The van der Waals surface area contributed by atoms with Crippen molar-refractivity contribution in [1.29, 1.82) is 0 Å². The quantitative estimate of drug-likeness (QED) is 0.629. The number of amides is 2. The van der Waals surface area contributed by atoms with Crippen molar-refractivity contribution in [2.24, 2.45) is 11.8 Å². The monoisotopic (exact) mass is 480 g/mol. The van der Waals surface area contributed by atoms with E-state index in [9.17, 15) is 9.59 Å². The number of ether oxygens (including phenoxy) is 6. The first kappa shape index (κ1) is 21.6. The molecule has 2 aromatic carbocycles. The van der Waals surface area contributed by atoms with Gasteiger partial charge >= 0.3 is 0 Å². The molecule has 2 saturated heterocycles. The maximum atomic E-state index is 13.6. The van der Waals surface area contributed by atoms with Crippen LogP contribution in [0.4, 0.5) is 11.4 Å². The van der Waals surface area contributed by atoms with Gasteiger partial charge in [0.05, 0.1) is 45.8 Å². The third-order valence-electron chi connectivity index (χ3n) is 7.00. The molecular formula is C25H24N2O8. The van der Waals surface area contributed by atoms with Crippen LogP contribution in [0.1, 0.15) is 0 Å². The van der Waals surface area contributed by atoms with E-state index < -0.39 is 23.5 Å². The Balaban J connectivity index is 1.28. The van der Waals surface area contributed by atoms with Crippen molar-refractivity contribution in [2.45, 2.75) is 11.7 Å². The molecule has 0 unspecified atom stereocenters. The Labute approximate surface area is 201 Å². The molecule has 2 bridgehead atoms. The molecule has 2 fully saturated rings. The van der Waals surface area contributed by atoms with Gasteiger partial charge in [-0.1, -0.05) is 12.2 Å². The van der Waals surface area contributed by atoms with Gasteiger partial charge in [-0.3, -0.25) is 9.59 Å². The van der Waals surface area contributed by atoms with E-state index in [4.69, 9.17) is 28.4 Å². The Bertz CT molecular complexity index is 1240. The molecule has 10 heteroatoms. The van der Waals surface area contributed by atoms with Crippen LogP contribution in [0.25, 0.3) is 0 Å². The molecule has 4 aliphatic rings.